The summed E-state index contributed by atoms with van der Waals surface area (Å²) >= 11 is 1.73. The number of hydrogen-bond acceptors (Lipinski definition) is 4. The number of benzene rings is 1. The van der Waals surface area contributed by atoms with E-state index in [9.17, 15) is 0 Å². The molecule has 1 aliphatic heterocycles. The van der Waals surface area contributed by atoms with Crippen molar-refractivity contribution in [3.8, 4) is 0 Å². The maximum Gasteiger partial charge on any atom is 0.191 e. The minimum absolute atomic E-state index is 0.418. The average Bonchev–Trinajstić information content (AvgIpc) is 3.26. The summed E-state index contributed by atoms with van der Waals surface area (Å²) in [6.07, 6.45) is 2.12. The second kappa shape index (κ2) is 9.14. The van der Waals surface area contributed by atoms with Gasteiger partial charge >= 0.3 is 0 Å². The Kier molecular flexibility index (Phi) is 6.63. The van der Waals surface area contributed by atoms with Crippen LogP contribution in [-0.2, 0) is 19.5 Å². The van der Waals surface area contributed by atoms with Gasteiger partial charge in [-0.15, -0.1) is 11.3 Å². The van der Waals surface area contributed by atoms with Crippen molar-refractivity contribution >= 4 is 17.3 Å². The predicted octanol–water partition coefficient (Wildman–Crippen LogP) is 3.03. The number of guanidine groups is 1. The lowest BCUT2D eigenvalue weighted by Gasteiger charge is -2.21. The molecule has 0 amide bonds. The molecular formula is C20H29N5S. The Balaban J connectivity index is 1.49. The normalized spacial score (nSPS) is 21.1. The highest BCUT2D eigenvalue weighted by atomic mass is 32.1. The lowest BCUT2D eigenvalue weighted by atomic mass is 10.2. The summed E-state index contributed by atoms with van der Waals surface area (Å²) in [5, 5.41) is 10.3. The van der Waals surface area contributed by atoms with Gasteiger partial charge in [0.05, 0.1) is 17.2 Å². The molecule has 1 aromatic heterocycles. The number of nitrogens with one attached hydrogen (secondary N) is 2. The lowest BCUT2D eigenvalue weighted by Crippen LogP contribution is -2.44. The van der Waals surface area contributed by atoms with E-state index in [1.807, 2.05) is 7.05 Å². The predicted molar refractivity (Wildman–Crippen MR) is 110 cm³/mol. The van der Waals surface area contributed by atoms with Crippen molar-refractivity contribution in [1.29, 1.82) is 0 Å². The van der Waals surface area contributed by atoms with E-state index in [0.29, 0.717) is 18.6 Å². The van der Waals surface area contributed by atoms with Crippen LogP contribution in [0, 0.1) is 0 Å². The SMILES string of the molecule is CCc1nc(CNC(=NC)NC2CC(C)N(Cc3ccccc3)C2)cs1. The maximum atomic E-state index is 4.60. The third kappa shape index (κ3) is 5.05. The molecule has 1 fully saturated rings. The molecule has 140 valence electrons. The second-order valence-corrected chi connectivity index (χ2v) is 7.80. The molecule has 2 heterocycles. The smallest absolute Gasteiger partial charge is 0.191 e. The fraction of sp³-hybridized carbons (Fsp3) is 0.500. The van der Waals surface area contributed by atoms with E-state index >= 15 is 0 Å². The molecule has 1 aromatic carbocycles. The van der Waals surface area contributed by atoms with Gasteiger partial charge in [-0.3, -0.25) is 9.89 Å². The fourth-order valence-electron chi connectivity index (χ4n) is 3.40. The first-order valence-electron chi connectivity index (χ1n) is 9.36. The van der Waals surface area contributed by atoms with Gasteiger partial charge < -0.3 is 10.6 Å². The van der Waals surface area contributed by atoms with E-state index in [4.69, 9.17) is 0 Å². The van der Waals surface area contributed by atoms with Crippen LogP contribution in [0.3, 0.4) is 0 Å². The highest BCUT2D eigenvalue weighted by Gasteiger charge is 2.29. The summed E-state index contributed by atoms with van der Waals surface area (Å²) < 4.78 is 0. The molecule has 2 atom stereocenters. The number of nitrogens with zero attached hydrogens (tertiary/aromatic N) is 3. The molecule has 1 aliphatic rings. The topological polar surface area (TPSA) is 52.6 Å². The third-order valence-corrected chi connectivity index (χ3v) is 5.88. The quantitative estimate of drug-likeness (QED) is 0.605. The van der Waals surface area contributed by atoms with E-state index in [1.54, 1.807) is 11.3 Å². The van der Waals surface area contributed by atoms with Crippen LogP contribution < -0.4 is 10.6 Å². The van der Waals surface area contributed by atoms with Gasteiger partial charge in [-0.25, -0.2) is 4.98 Å². The Morgan fingerprint density at radius 2 is 2.15 bits per heavy atom. The van der Waals surface area contributed by atoms with Crippen LogP contribution in [0.1, 0.15) is 36.5 Å². The van der Waals surface area contributed by atoms with Gasteiger partial charge in [0, 0.05) is 37.6 Å². The summed E-state index contributed by atoms with van der Waals surface area (Å²) in [5.41, 5.74) is 2.46. The van der Waals surface area contributed by atoms with Gasteiger partial charge in [-0.05, 0) is 25.3 Å². The average molecular weight is 372 g/mol. The van der Waals surface area contributed by atoms with Crippen LogP contribution in [0.25, 0.3) is 0 Å². The molecule has 3 rings (SSSR count). The molecule has 2 aromatic rings. The minimum atomic E-state index is 0.418. The molecule has 2 unspecified atom stereocenters. The van der Waals surface area contributed by atoms with Gasteiger partial charge in [0.25, 0.3) is 0 Å². The van der Waals surface area contributed by atoms with Crippen LogP contribution in [0.15, 0.2) is 40.7 Å². The molecule has 0 spiro atoms. The van der Waals surface area contributed by atoms with Crippen molar-refractivity contribution in [3.05, 3.63) is 52.0 Å². The van der Waals surface area contributed by atoms with E-state index in [2.05, 4.69) is 75.1 Å². The summed E-state index contributed by atoms with van der Waals surface area (Å²) in [7, 11) is 1.83. The van der Waals surface area contributed by atoms with Crippen LogP contribution in [0.5, 0.6) is 0 Å². The zero-order chi connectivity index (χ0) is 18.4. The largest absolute Gasteiger partial charge is 0.352 e. The standard InChI is InChI=1S/C20H29N5S/c1-4-19-23-18(14-26-19)11-22-20(21-3)24-17-10-15(2)25(13-17)12-16-8-6-5-7-9-16/h5-9,14-15,17H,4,10-13H2,1-3H3,(H2,21,22,24). The number of rotatable bonds is 6. The number of aryl methyl sites for hydroxylation is 1. The highest BCUT2D eigenvalue weighted by molar-refractivity contribution is 7.09. The number of aromatic nitrogens is 1. The zero-order valence-corrected chi connectivity index (χ0v) is 16.7. The Morgan fingerprint density at radius 1 is 1.35 bits per heavy atom. The van der Waals surface area contributed by atoms with Crippen LogP contribution in [0.4, 0.5) is 0 Å². The van der Waals surface area contributed by atoms with Crippen LogP contribution in [-0.4, -0.2) is 41.5 Å². The van der Waals surface area contributed by atoms with Crippen molar-refractivity contribution in [2.45, 2.75) is 51.9 Å². The molecule has 6 heteroatoms. The summed E-state index contributed by atoms with van der Waals surface area (Å²) in [4.78, 5) is 11.5. The first-order chi connectivity index (χ1) is 12.7. The van der Waals surface area contributed by atoms with E-state index in [0.717, 1.165) is 37.6 Å². The molecule has 5 nitrogen and oxygen atoms in total. The van der Waals surface area contributed by atoms with Crippen molar-refractivity contribution in [3.63, 3.8) is 0 Å². The van der Waals surface area contributed by atoms with Gasteiger partial charge in [0.2, 0.25) is 0 Å². The van der Waals surface area contributed by atoms with E-state index in [1.165, 1.54) is 10.6 Å². The number of likely N-dealkylation sites (tertiary alicyclic amines) is 1. The molecule has 0 aliphatic carbocycles. The van der Waals surface area contributed by atoms with Crippen LogP contribution in [0.2, 0.25) is 0 Å². The van der Waals surface area contributed by atoms with E-state index in [-0.39, 0.29) is 0 Å². The lowest BCUT2D eigenvalue weighted by molar-refractivity contribution is 0.258. The number of aliphatic imine (C=N–C) groups is 1. The molecule has 0 bridgehead atoms. The number of thiazole rings is 1. The first kappa shape index (κ1) is 18.9. The van der Waals surface area contributed by atoms with Gasteiger partial charge in [-0.1, -0.05) is 37.3 Å². The molecule has 0 radical (unpaired) electrons. The molecule has 2 N–H and O–H groups in total. The van der Waals surface area contributed by atoms with Crippen molar-refractivity contribution in [2.75, 3.05) is 13.6 Å². The van der Waals surface area contributed by atoms with E-state index < -0.39 is 0 Å². The number of hydrogen-bond donors (Lipinski definition) is 2. The fourth-order valence-corrected chi connectivity index (χ4v) is 4.14. The minimum Gasteiger partial charge on any atom is -0.352 e. The van der Waals surface area contributed by atoms with Crippen LogP contribution >= 0.6 is 11.3 Å². The molecule has 1 saturated heterocycles. The summed E-state index contributed by atoms with van der Waals surface area (Å²) in [5.74, 6) is 0.856. The van der Waals surface area contributed by atoms with Gasteiger partial charge in [-0.2, -0.15) is 0 Å². The van der Waals surface area contributed by atoms with Crippen molar-refractivity contribution < 1.29 is 0 Å². The second-order valence-electron chi connectivity index (χ2n) is 6.85. The Hall–Kier alpha value is -1.92. The zero-order valence-electron chi connectivity index (χ0n) is 15.9. The molecule has 26 heavy (non-hydrogen) atoms. The maximum absolute atomic E-state index is 4.60. The Bertz CT molecular complexity index is 712. The molecule has 0 saturated carbocycles. The highest BCUT2D eigenvalue weighted by Crippen LogP contribution is 2.20. The Morgan fingerprint density at radius 3 is 2.85 bits per heavy atom. The van der Waals surface area contributed by atoms with Crippen molar-refractivity contribution in [1.82, 2.24) is 20.5 Å². The third-order valence-electron chi connectivity index (χ3n) is 4.84. The summed E-state index contributed by atoms with van der Waals surface area (Å²) in [6.45, 7) is 7.20. The van der Waals surface area contributed by atoms with Gasteiger partial charge in [0.15, 0.2) is 5.96 Å². The van der Waals surface area contributed by atoms with Gasteiger partial charge in [0.1, 0.15) is 0 Å². The van der Waals surface area contributed by atoms with Crippen molar-refractivity contribution in [2.24, 2.45) is 4.99 Å². The summed E-state index contributed by atoms with van der Waals surface area (Å²) in [6, 6.07) is 11.7. The first-order valence-corrected chi connectivity index (χ1v) is 10.2. The molecular weight excluding hydrogens is 342 g/mol. The monoisotopic (exact) mass is 371 g/mol. The Labute approximate surface area is 160 Å².